The molecule has 16 heavy (non-hydrogen) atoms. The maximum Gasteiger partial charge on any atom is 0.389 e. The molecule has 0 N–H and O–H groups in total. The van der Waals surface area contributed by atoms with Crippen molar-refractivity contribution in [3.8, 4) is 6.07 Å². The van der Waals surface area contributed by atoms with Gasteiger partial charge in [0, 0.05) is 6.42 Å². The molecule has 0 saturated heterocycles. The van der Waals surface area contributed by atoms with Crippen LogP contribution in [0.15, 0.2) is 12.3 Å². The molecule has 0 saturated carbocycles. The lowest BCUT2D eigenvalue weighted by molar-refractivity contribution is -0.389. The van der Waals surface area contributed by atoms with E-state index in [0.717, 1.165) is 25.7 Å². The van der Waals surface area contributed by atoms with E-state index in [1.165, 1.54) is 6.07 Å². The normalized spacial score (nSPS) is 9.94. The zero-order chi connectivity index (χ0) is 11.8. The molecule has 0 spiro atoms. The summed E-state index contributed by atoms with van der Waals surface area (Å²) in [6.45, 7) is 0.695. The Bertz CT molecular complexity index is 380. The van der Waals surface area contributed by atoms with E-state index in [2.05, 4.69) is 11.2 Å². The number of rotatable bonds is 7. The van der Waals surface area contributed by atoms with Crippen LogP contribution in [-0.4, -0.2) is 14.7 Å². The molecule has 1 heterocycles. The van der Waals surface area contributed by atoms with Crippen molar-refractivity contribution < 1.29 is 4.92 Å². The average Bonchev–Trinajstić information content (AvgIpc) is 2.72. The first-order valence-corrected chi connectivity index (χ1v) is 5.29. The van der Waals surface area contributed by atoms with Crippen LogP contribution in [0.5, 0.6) is 0 Å². The summed E-state index contributed by atoms with van der Waals surface area (Å²) < 4.78 is 1.59. The summed E-state index contributed by atoms with van der Waals surface area (Å²) in [6, 6.07) is 3.50. The van der Waals surface area contributed by atoms with Gasteiger partial charge in [-0.1, -0.05) is 12.8 Å². The van der Waals surface area contributed by atoms with Crippen molar-refractivity contribution in [3.63, 3.8) is 0 Å². The maximum absolute atomic E-state index is 10.4. The van der Waals surface area contributed by atoms with Crippen molar-refractivity contribution in [2.24, 2.45) is 0 Å². The highest BCUT2D eigenvalue weighted by molar-refractivity contribution is 5.13. The van der Waals surface area contributed by atoms with Gasteiger partial charge in [0.15, 0.2) is 0 Å². The molecule has 0 bridgehead atoms. The van der Waals surface area contributed by atoms with Gasteiger partial charge in [-0.05, 0) is 17.8 Å². The second-order valence-corrected chi connectivity index (χ2v) is 3.52. The van der Waals surface area contributed by atoms with Crippen LogP contribution in [0.25, 0.3) is 0 Å². The fraction of sp³-hybridized carbons (Fsp3) is 0.600. The van der Waals surface area contributed by atoms with Crippen LogP contribution < -0.4 is 0 Å². The molecule has 0 aliphatic heterocycles. The second kappa shape index (κ2) is 6.56. The molecule has 1 rings (SSSR count). The Hall–Kier alpha value is -1.90. The monoisotopic (exact) mass is 222 g/mol. The molecule has 0 aliphatic rings. The number of nitriles is 1. The Morgan fingerprint density at radius 2 is 2.19 bits per heavy atom. The molecule has 0 aromatic carbocycles. The van der Waals surface area contributed by atoms with Crippen LogP contribution in [0.1, 0.15) is 32.1 Å². The molecule has 6 nitrogen and oxygen atoms in total. The largest absolute Gasteiger partial charge is 0.389 e. The van der Waals surface area contributed by atoms with Crippen LogP contribution in [0.2, 0.25) is 0 Å². The Labute approximate surface area is 93.6 Å². The minimum absolute atomic E-state index is 0.107. The van der Waals surface area contributed by atoms with Crippen LogP contribution >= 0.6 is 0 Å². The van der Waals surface area contributed by atoms with Crippen LogP contribution in [0, 0.1) is 21.4 Å². The Kier molecular flexibility index (Phi) is 4.99. The lowest BCUT2D eigenvalue weighted by Crippen LogP contribution is -1.99. The summed E-state index contributed by atoms with van der Waals surface area (Å²) >= 11 is 0. The first kappa shape index (κ1) is 12.2. The Morgan fingerprint density at radius 3 is 2.81 bits per heavy atom. The van der Waals surface area contributed by atoms with Crippen molar-refractivity contribution in [1.82, 2.24) is 9.78 Å². The van der Waals surface area contributed by atoms with Crippen molar-refractivity contribution in [1.29, 1.82) is 5.26 Å². The van der Waals surface area contributed by atoms with Gasteiger partial charge in [0.25, 0.3) is 0 Å². The SMILES string of the molecule is N#CCCCCCCn1ccc([N+](=O)[O-])n1. The minimum Gasteiger partial charge on any atom is -0.358 e. The summed E-state index contributed by atoms with van der Waals surface area (Å²) in [5.41, 5.74) is 0. The molecule has 1 aromatic rings. The number of hydrogen-bond donors (Lipinski definition) is 0. The Morgan fingerprint density at radius 1 is 1.44 bits per heavy atom. The van der Waals surface area contributed by atoms with E-state index in [1.54, 1.807) is 10.9 Å². The molecule has 0 atom stereocenters. The van der Waals surface area contributed by atoms with E-state index in [9.17, 15) is 10.1 Å². The number of aryl methyl sites for hydroxylation is 1. The molecule has 6 heteroatoms. The quantitative estimate of drug-likeness (QED) is 0.402. The molecule has 1 aromatic heterocycles. The average molecular weight is 222 g/mol. The third-order valence-electron chi connectivity index (χ3n) is 2.24. The minimum atomic E-state index is -0.497. The zero-order valence-electron chi connectivity index (χ0n) is 9.00. The van der Waals surface area contributed by atoms with Crippen LogP contribution in [0.4, 0.5) is 5.82 Å². The van der Waals surface area contributed by atoms with Crippen molar-refractivity contribution in [3.05, 3.63) is 22.4 Å². The van der Waals surface area contributed by atoms with Gasteiger partial charge >= 0.3 is 5.82 Å². The van der Waals surface area contributed by atoms with E-state index in [1.807, 2.05) is 0 Å². The molecule has 0 radical (unpaired) electrons. The van der Waals surface area contributed by atoms with E-state index in [4.69, 9.17) is 5.26 Å². The van der Waals surface area contributed by atoms with Gasteiger partial charge in [-0.2, -0.15) is 9.94 Å². The van der Waals surface area contributed by atoms with E-state index in [-0.39, 0.29) is 5.82 Å². The lowest BCUT2D eigenvalue weighted by atomic mass is 10.1. The third-order valence-corrected chi connectivity index (χ3v) is 2.24. The van der Waals surface area contributed by atoms with Gasteiger partial charge in [-0.25, -0.2) is 0 Å². The van der Waals surface area contributed by atoms with Crippen molar-refractivity contribution >= 4 is 5.82 Å². The molecule has 86 valence electrons. The Balaban J connectivity index is 2.17. The van der Waals surface area contributed by atoms with Crippen molar-refractivity contribution in [2.75, 3.05) is 0 Å². The van der Waals surface area contributed by atoms with Crippen LogP contribution in [0.3, 0.4) is 0 Å². The first-order chi connectivity index (χ1) is 7.74. The smallest absolute Gasteiger partial charge is 0.358 e. The number of unbranched alkanes of at least 4 members (excludes halogenated alkanes) is 4. The first-order valence-electron chi connectivity index (χ1n) is 5.29. The molecule has 0 amide bonds. The van der Waals surface area contributed by atoms with E-state index in [0.29, 0.717) is 13.0 Å². The van der Waals surface area contributed by atoms with Crippen LogP contribution in [-0.2, 0) is 6.54 Å². The number of hydrogen-bond acceptors (Lipinski definition) is 4. The maximum atomic E-state index is 10.4. The summed E-state index contributed by atoms with van der Waals surface area (Å²) in [4.78, 5) is 9.86. The van der Waals surface area contributed by atoms with Gasteiger partial charge in [0.1, 0.15) is 0 Å². The summed E-state index contributed by atoms with van der Waals surface area (Å²) in [6.07, 6.45) is 6.13. The molecule has 0 unspecified atom stereocenters. The van der Waals surface area contributed by atoms with Gasteiger partial charge in [-0.15, -0.1) is 0 Å². The standard InChI is InChI=1S/C10H14N4O2/c11-7-4-2-1-3-5-8-13-9-6-10(12-13)14(15)16/h6,9H,1-5,8H2. The van der Waals surface area contributed by atoms with Gasteiger partial charge in [0.2, 0.25) is 0 Å². The predicted octanol–water partition coefficient (Wildman–Crippen LogP) is 2.27. The molecular weight excluding hydrogens is 208 g/mol. The van der Waals surface area contributed by atoms with E-state index >= 15 is 0 Å². The van der Waals surface area contributed by atoms with Gasteiger partial charge in [0.05, 0.1) is 30.0 Å². The molecule has 0 aliphatic carbocycles. The second-order valence-electron chi connectivity index (χ2n) is 3.52. The number of nitrogens with zero attached hydrogens (tertiary/aromatic N) is 4. The van der Waals surface area contributed by atoms with Crippen molar-refractivity contribution in [2.45, 2.75) is 38.6 Å². The zero-order valence-corrected chi connectivity index (χ0v) is 9.00. The fourth-order valence-electron chi connectivity index (χ4n) is 1.40. The summed E-state index contributed by atoms with van der Waals surface area (Å²) in [5.74, 6) is -0.107. The highest BCUT2D eigenvalue weighted by atomic mass is 16.6. The van der Waals surface area contributed by atoms with E-state index < -0.39 is 4.92 Å². The number of aromatic nitrogens is 2. The molecular formula is C10H14N4O2. The molecule has 0 fully saturated rings. The summed E-state index contributed by atoms with van der Waals surface area (Å²) in [7, 11) is 0. The third kappa shape index (κ3) is 4.09. The van der Waals surface area contributed by atoms with Gasteiger partial charge in [-0.3, -0.25) is 0 Å². The highest BCUT2D eigenvalue weighted by Crippen LogP contribution is 2.08. The fourth-order valence-corrected chi connectivity index (χ4v) is 1.40. The number of nitro groups is 1. The lowest BCUT2D eigenvalue weighted by Gasteiger charge is -1.97. The predicted molar refractivity (Wildman–Crippen MR) is 57.6 cm³/mol. The van der Waals surface area contributed by atoms with Gasteiger partial charge < -0.3 is 10.1 Å². The highest BCUT2D eigenvalue weighted by Gasteiger charge is 2.09. The topological polar surface area (TPSA) is 84.8 Å². The summed E-state index contributed by atoms with van der Waals surface area (Å²) in [5, 5.41) is 22.5.